The zero-order chi connectivity index (χ0) is 19.2. The Morgan fingerprint density at radius 2 is 1.68 bits per heavy atom. The average molecular weight is 371 g/mol. The van der Waals surface area contributed by atoms with Crippen molar-refractivity contribution in [1.82, 2.24) is 10.2 Å². The first kappa shape index (κ1) is 21.3. The van der Waals surface area contributed by atoms with Crippen molar-refractivity contribution in [2.24, 2.45) is 0 Å². The average Bonchev–Trinajstić information content (AvgIpc) is 2.52. The van der Waals surface area contributed by atoms with E-state index in [-0.39, 0.29) is 23.9 Å². The molecule has 1 aromatic rings. The Balaban J connectivity index is 2.87. The minimum Gasteiger partial charge on any atom is -0.382 e. The highest BCUT2D eigenvalue weighted by Gasteiger charge is 2.21. The van der Waals surface area contributed by atoms with Gasteiger partial charge in [0.05, 0.1) is 5.25 Å². The molecule has 6 nitrogen and oxygen atoms in total. The molecule has 0 aliphatic rings. The number of hydrogen-bond donors (Lipinski definition) is 1. The van der Waals surface area contributed by atoms with E-state index in [1.165, 1.54) is 0 Å². The summed E-state index contributed by atoms with van der Waals surface area (Å²) in [5.74, 6) is 0.277. The third-order valence-corrected chi connectivity index (χ3v) is 5.44. The SMILES string of the molecule is CC[C@@H](C)N(Cc1ccc(OS(=O)(=O)C(C)C)cc1)C(=O)NC(C)C. The van der Waals surface area contributed by atoms with Gasteiger partial charge in [0, 0.05) is 18.6 Å². The van der Waals surface area contributed by atoms with E-state index in [0.717, 1.165) is 12.0 Å². The lowest BCUT2D eigenvalue weighted by molar-refractivity contribution is 0.171. The summed E-state index contributed by atoms with van der Waals surface area (Å²) in [6.07, 6.45) is 0.847. The second-order valence-corrected chi connectivity index (χ2v) is 8.85. The zero-order valence-corrected chi connectivity index (χ0v) is 16.8. The van der Waals surface area contributed by atoms with Gasteiger partial charge < -0.3 is 14.4 Å². The maximum atomic E-state index is 12.4. The van der Waals surface area contributed by atoms with Gasteiger partial charge in [-0.3, -0.25) is 0 Å². The fraction of sp³-hybridized carbons (Fsp3) is 0.611. The topological polar surface area (TPSA) is 75.7 Å². The third kappa shape index (κ3) is 6.57. The van der Waals surface area contributed by atoms with Crippen LogP contribution >= 0.6 is 0 Å². The molecule has 0 saturated carbocycles. The molecule has 7 heteroatoms. The van der Waals surface area contributed by atoms with E-state index in [1.54, 1.807) is 43.0 Å². The molecule has 142 valence electrons. The normalized spacial score (nSPS) is 13.0. The first-order chi connectivity index (χ1) is 11.6. The molecule has 2 amide bonds. The number of benzene rings is 1. The summed E-state index contributed by atoms with van der Waals surface area (Å²) in [4.78, 5) is 14.2. The smallest absolute Gasteiger partial charge is 0.318 e. The summed E-state index contributed by atoms with van der Waals surface area (Å²) in [7, 11) is -3.61. The standard InChI is InChI=1S/C18H30N2O4S/c1-7-15(6)20(18(21)19-13(2)3)12-16-8-10-17(11-9-16)24-25(22,23)14(4)5/h8-11,13-15H,7,12H2,1-6H3,(H,19,21)/t15-/m1/s1. The number of carbonyl (C=O) groups is 1. The zero-order valence-electron chi connectivity index (χ0n) is 15.9. The number of urea groups is 1. The molecule has 0 radical (unpaired) electrons. The molecule has 25 heavy (non-hydrogen) atoms. The van der Waals surface area contributed by atoms with Crippen LogP contribution < -0.4 is 9.50 Å². The van der Waals surface area contributed by atoms with Crippen LogP contribution in [0.25, 0.3) is 0 Å². The van der Waals surface area contributed by atoms with Crippen LogP contribution in [0.3, 0.4) is 0 Å². The molecular weight excluding hydrogens is 340 g/mol. The van der Waals surface area contributed by atoms with Crippen LogP contribution in [0.5, 0.6) is 5.75 Å². The molecule has 0 aliphatic carbocycles. The largest absolute Gasteiger partial charge is 0.382 e. The molecule has 0 fully saturated rings. The summed E-state index contributed by atoms with van der Waals surface area (Å²) < 4.78 is 28.7. The Kier molecular flexibility index (Phi) is 7.73. The Morgan fingerprint density at radius 3 is 2.12 bits per heavy atom. The van der Waals surface area contributed by atoms with Crippen LogP contribution in [-0.2, 0) is 16.7 Å². The van der Waals surface area contributed by atoms with Crippen LogP contribution in [-0.4, -0.2) is 36.7 Å². The predicted molar refractivity (Wildman–Crippen MR) is 100 cm³/mol. The summed E-state index contributed by atoms with van der Waals surface area (Å²) in [5.41, 5.74) is 0.911. The van der Waals surface area contributed by atoms with Gasteiger partial charge in [0.1, 0.15) is 5.75 Å². The molecule has 0 heterocycles. The van der Waals surface area contributed by atoms with Gasteiger partial charge in [-0.15, -0.1) is 0 Å². The number of amides is 2. The van der Waals surface area contributed by atoms with Gasteiger partial charge in [-0.2, -0.15) is 8.42 Å². The summed E-state index contributed by atoms with van der Waals surface area (Å²) in [5, 5.41) is 2.31. The maximum Gasteiger partial charge on any atom is 0.318 e. The highest BCUT2D eigenvalue weighted by atomic mass is 32.2. The molecule has 0 aliphatic heterocycles. The highest BCUT2D eigenvalue weighted by molar-refractivity contribution is 7.87. The van der Waals surface area contributed by atoms with Crippen molar-refractivity contribution >= 4 is 16.1 Å². The predicted octanol–water partition coefficient (Wildman–Crippen LogP) is 3.52. The van der Waals surface area contributed by atoms with Crippen LogP contribution in [0.4, 0.5) is 4.79 Å². The number of nitrogens with zero attached hydrogens (tertiary/aromatic N) is 1. The van der Waals surface area contributed by atoms with Crippen LogP contribution in [0.2, 0.25) is 0 Å². The molecule has 1 aromatic carbocycles. The Morgan fingerprint density at radius 1 is 1.12 bits per heavy atom. The molecule has 1 rings (SSSR count). The van der Waals surface area contributed by atoms with Crippen LogP contribution in [0.1, 0.15) is 53.5 Å². The second kappa shape index (κ2) is 9.08. The van der Waals surface area contributed by atoms with Gasteiger partial charge in [-0.1, -0.05) is 19.1 Å². The molecule has 0 unspecified atom stereocenters. The van der Waals surface area contributed by atoms with Gasteiger partial charge in [0.15, 0.2) is 0 Å². The van der Waals surface area contributed by atoms with Crippen LogP contribution in [0.15, 0.2) is 24.3 Å². The molecule has 0 bridgehead atoms. The molecule has 1 atom stereocenters. The third-order valence-electron chi connectivity index (χ3n) is 3.86. The second-order valence-electron chi connectivity index (χ2n) is 6.76. The van der Waals surface area contributed by atoms with E-state index < -0.39 is 15.4 Å². The van der Waals surface area contributed by atoms with Gasteiger partial charge in [-0.05, 0) is 58.7 Å². The molecule has 0 spiro atoms. The Labute approximate surface area is 151 Å². The Hall–Kier alpha value is -1.76. The van der Waals surface area contributed by atoms with Gasteiger partial charge >= 0.3 is 16.1 Å². The Bertz CT molecular complexity index is 654. The van der Waals surface area contributed by atoms with Gasteiger partial charge in [-0.25, -0.2) is 4.79 Å². The first-order valence-electron chi connectivity index (χ1n) is 8.66. The number of nitrogens with one attached hydrogen (secondary N) is 1. The van der Waals surface area contributed by atoms with Crippen molar-refractivity contribution < 1.29 is 17.4 Å². The van der Waals surface area contributed by atoms with Crippen molar-refractivity contribution in [2.75, 3.05) is 0 Å². The van der Waals surface area contributed by atoms with E-state index in [4.69, 9.17) is 4.18 Å². The summed E-state index contributed by atoms with van der Waals surface area (Å²) in [6.45, 7) is 11.5. The van der Waals surface area contributed by atoms with E-state index in [2.05, 4.69) is 5.32 Å². The van der Waals surface area contributed by atoms with E-state index in [1.807, 2.05) is 27.7 Å². The number of hydrogen-bond acceptors (Lipinski definition) is 4. The quantitative estimate of drug-likeness (QED) is 0.710. The minimum atomic E-state index is -3.61. The molecule has 1 N–H and O–H groups in total. The van der Waals surface area contributed by atoms with Crippen molar-refractivity contribution in [2.45, 2.75) is 71.8 Å². The summed E-state index contributed by atoms with van der Waals surface area (Å²) in [6, 6.07) is 6.85. The molecular formula is C18H30N2O4S. The fourth-order valence-corrected chi connectivity index (χ4v) is 2.63. The van der Waals surface area contributed by atoms with E-state index in [9.17, 15) is 13.2 Å². The monoisotopic (exact) mass is 370 g/mol. The van der Waals surface area contributed by atoms with Crippen molar-refractivity contribution in [3.8, 4) is 5.75 Å². The molecule has 0 aromatic heterocycles. The van der Waals surface area contributed by atoms with Crippen molar-refractivity contribution in [3.63, 3.8) is 0 Å². The minimum absolute atomic E-state index is 0.0658. The lowest BCUT2D eigenvalue weighted by atomic mass is 10.1. The van der Waals surface area contributed by atoms with E-state index >= 15 is 0 Å². The molecule has 0 saturated heterocycles. The number of rotatable bonds is 8. The maximum absolute atomic E-state index is 12.4. The highest BCUT2D eigenvalue weighted by Crippen LogP contribution is 2.18. The van der Waals surface area contributed by atoms with E-state index in [0.29, 0.717) is 6.54 Å². The number of carbonyl (C=O) groups excluding carboxylic acids is 1. The first-order valence-corrected chi connectivity index (χ1v) is 10.1. The summed E-state index contributed by atoms with van der Waals surface area (Å²) >= 11 is 0. The van der Waals surface area contributed by atoms with Crippen LogP contribution in [0, 0.1) is 0 Å². The van der Waals surface area contributed by atoms with Crippen molar-refractivity contribution in [3.05, 3.63) is 29.8 Å². The lowest BCUT2D eigenvalue weighted by Crippen LogP contribution is -2.46. The fourth-order valence-electron chi connectivity index (χ4n) is 2.06. The van der Waals surface area contributed by atoms with Gasteiger partial charge in [0.25, 0.3) is 0 Å². The lowest BCUT2D eigenvalue weighted by Gasteiger charge is -2.29. The van der Waals surface area contributed by atoms with Crippen molar-refractivity contribution in [1.29, 1.82) is 0 Å². The van der Waals surface area contributed by atoms with Gasteiger partial charge in [0.2, 0.25) is 0 Å².